The summed E-state index contributed by atoms with van der Waals surface area (Å²) < 4.78 is 18.7. The zero-order chi connectivity index (χ0) is 14.7. The Balaban J connectivity index is 1.77. The average Bonchev–Trinajstić information content (AvgIpc) is 3.09. The van der Waals surface area contributed by atoms with Crippen LogP contribution in [0.2, 0.25) is 0 Å². The van der Waals surface area contributed by atoms with Gasteiger partial charge in [0.2, 0.25) is 0 Å². The second-order valence-electron chi connectivity index (χ2n) is 4.81. The third-order valence-corrected chi connectivity index (χ3v) is 4.25. The number of nitrogens with two attached hydrogens (primary N) is 1. The molecule has 2 heterocycles. The zero-order valence-electron chi connectivity index (χ0n) is 11.4. The molecule has 0 aliphatic heterocycles. The Morgan fingerprint density at radius 3 is 2.86 bits per heavy atom. The van der Waals surface area contributed by atoms with Crippen LogP contribution in [0.25, 0.3) is 11.1 Å². The minimum atomic E-state index is -0.294. The number of nitrogens with zero attached hydrogens (tertiary/aromatic N) is 1. The molecule has 0 aliphatic rings. The van der Waals surface area contributed by atoms with E-state index in [0.717, 1.165) is 25.0 Å². The Morgan fingerprint density at radius 2 is 2.10 bits per heavy atom. The molecule has 3 nitrogen and oxygen atoms in total. The number of aryl methyl sites for hydroxylation is 2. The third-order valence-electron chi connectivity index (χ3n) is 3.31. The molecule has 0 aliphatic carbocycles. The van der Waals surface area contributed by atoms with Crippen molar-refractivity contribution in [3.05, 3.63) is 58.2 Å². The van der Waals surface area contributed by atoms with E-state index >= 15 is 0 Å². The largest absolute Gasteiger partial charge is 0.380 e. The van der Waals surface area contributed by atoms with E-state index in [1.165, 1.54) is 17.0 Å². The fourth-order valence-electron chi connectivity index (χ4n) is 2.34. The topological polar surface area (TPSA) is 52.0 Å². The molecule has 0 amide bonds. The molecule has 3 rings (SSSR count). The summed E-state index contributed by atoms with van der Waals surface area (Å²) in [6.45, 7) is 0. The highest BCUT2D eigenvalue weighted by molar-refractivity contribution is 7.09. The van der Waals surface area contributed by atoms with Gasteiger partial charge in [-0.25, -0.2) is 4.39 Å². The van der Waals surface area contributed by atoms with E-state index in [0.29, 0.717) is 16.9 Å². The number of hydrogen-bond donors (Lipinski definition) is 1. The first kappa shape index (κ1) is 13.8. The third kappa shape index (κ3) is 3.13. The van der Waals surface area contributed by atoms with Crippen LogP contribution in [0.15, 0.2) is 46.3 Å². The lowest BCUT2D eigenvalue weighted by Gasteiger charge is -2.03. The van der Waals surface area contributed by atoms with E-state index < -0.39 is 0 Å². The summed E-state index contributed by atoms with van der Waals surface area (Å²) in [5.74, 6) is 0.735. The Labute approximate surface area is 126 Å². The average molecular weight is 302 g/mol. The van der Waals surface area contributed by atoms with Crippen LogP contribution in [0.3, 0.4) is 0 Å². The molecule has 2 N–H and O–H groups in total. The molecule has 0 saturated heterocycles. The predicted octanol–water partition coefficient (Wildman–Crippen LogP) is 4.30. The van der Waals surface area contributed by atoms with Gasteiger partial charge in [0.15, 0.2) is 5.82 Å². The summed E-state index contributed by atoms with van der Waals surface area (Å²) in [6.07, 6.45) is 2.66. The van der Waals surface area contributed by atoms with Gasteiger partial charge in [-0.15, -0.1) is 11.3 Å². The predicted molar refractivity (Wildman–Crippen MR) is 82.7 cm³/mol. The minimum Gasteiger partial charge on any atom is -0.380 e. The highest BCUT2D eigenvalue weighted by Gasteiger charge is 2.16. The summed E-state index contributed by atoms with van der Waals surface area (Å²) in [5.41, 5.74) is 7.28. The highest BCUT2D eigenvalue weighted by Crippen LogP contribution is 2.31. The molecule has 0 unspecified atom stereocenters. The van der Waals surface area contributed by atoms with Gasteiger partial charge in [0, 0.05) is 11.3 Å². The SMILES string of the molecule is Nc1noc(CCCc2cccs2)c1-c1cccc(F)c1. The van der Waals surface area contributed by atoms with E-state index in [1.54, 1.807) is 17.4 Å². The van der Waals surface area contributed by atoms with Crippen LogP contribution in [0.1, 0.15) is 17.1 Å². The van der Waals surface area contributed by atoms with E-state index in [-0.39, 0.29) is 5.82 Å². The van der Waals surface area contributed by atoms with Crippen LogP contribution in [0.5, 0.6) is 0 Å². The van der Waals surface area contributed by atoms with Crippen LogP contribution in [-0.2, 0) is 12.8 Å². The van der Waals surface area contributed by atoms with Gasteiger partial charge in [0.25, 0.3) is 0 Å². The van der Waals surface area contributed by atoms with Crippen molar-refractivity contribution in [2.75, 3.05) is 5.73 Å². The molecular weight excluding hydrogens is 287 g/mol. The van der Waals surface area contributed by atoms with E-state index in [2.05, 4.69) is 16.6 Å². The van der Waals surface area contributed by atoms with Crippen LogP contribution in [-0.4, -0.2) is 5.16 Å². The first-order valence-electron chi connectivity index (χ1n) is 6.76. The minimum absolute atomic E-state index is 0.294. The van der Waals surface area contributed by atoms with Crippen molar-refractivity contribution in [3.63, 3.8) is 0 Å². The molecule has 0 atom stereocenters. The molecule has 0 fully saturated rings. The van der Waals surface area contributed by atoms with Gasteiger partial charge in [-0.05, 0) is 42.0 Å². The number of aromatic nitrogens is 1. The molecule has 0 radical (unpaired) electrons. The number of benzene rings is 1. The van der Waals surface area contributed by atoms with E-state index in [9.17, 15) is 4.39 Å². The standard InChI is InChI=1S/C16H15FN2OS/c17-12-5-1-4-11(10-12)15-14(20-19-16(15)18)8-2-6-13-7-3-9-21-13/h1,3-5,7,9-10H,2,6,8H2,(H2,18,19). The maximum absolute atomic E-state index is 13.4. The summed E-state index contributed by atoms with van der Waals surface area (Å²) in [4.78, 5) is 1.34. The number of halogens is 1. The number of anilines is 1. The fraction of sp³-hybridized carbons (Fsp3) is 0.188. The summed E-state index contributed by atoms with van der Waals surface area (Å²) in [6, 6.07) is 10.5. The van der Waals surface area contributed by atoms with Gasteiger partial charge < -0.3 is 10.3 Å². The first-order valence-corrected chi connectivity index (χ1v) is 7.64. The molecule has 1 aromatic carbocycles. The van der Waals surface area contributed by atoms with E-state index in [4.69, 9.17) is 10.3 Å². The van der Waals surface area contributed by atoms with Gasteiger partial charge >= 0.3 is 0 Å². The normalized spacial score (nSPS) is 10.9. The Kier molecular flexibility index (Phi) is 4.01. The maximum atomic E-state index is 13.4. The molecule has 21 heavy (non-hydrogen) atoms. The lowest BCUT2D eigenvalue weighted by molar-refractivity contribution is 0.384. The Hall–Kier alpha value is -2.14. The van der Waals surface area contributed by atoms with Crippen LogP contribution in [0.4, 0.5) is 10.2 Å². The van der Waals surface area contributed by atoms with Crippen molar-refractivity contribution < 1.29 is 8.91 Å². The first-order chi connectivity index (χ1) is 10.2. The second-order valence-corrected chi connectivity index (χ2v) is 5.84. The number of thiophene rings is 1. The molecule has 0 spiro atoms. The lowest BCUT2D eigenvalue weighted by Crippen LogP contribution is -1.92. The highest BCUT2D eigenvalue weighted by atomic mass is 32.1. The van der Waals surface area contributed by atoms with Gasteiger partial charge in [-0.3, -0.25) is 0 Å². The quantitative estimate of drug-likeness (QED) is 0.764. The molecule has 5 heteroatoms. The summed E-state index contributed by atoms with van der Waals surface area (Å²) in [5, 5.41) is 5.89. The molecule has 2 aromatic heterocycles. The Morgan fingerprint density at radius 1 is 1.19 bits per heavy atom. The van der Waals surface area contributed by atoms with Crippen molar-refractivity contribution in [1.29, 1.82) is 0 Å². The molecule has 108 valence electrons. The van der Waals surface area contributed by atoms with Crippen LogP contribution >= 0.6 is 11.3 Å². The van der Waals surface area contributed by atoms with Gasteiger partial charge in [0.1, 0.15) is 11.6 Å². The summed E-state index contributed by atoms with van der Waals surface area (Å²) >= 11 is 1.75. The van der Waals surface area contributed by atoms with Crippen LogP contribution < -0.4 is 5.73 Å². The molecular formula is C16H15FN2OS. The Bertz CT molecular complexity index is 722. The number of hydrogen-bond acceptors (Lipinski definition) is 4. The monoisotopic (exact) mass is 302 g/mol. The fourth-order valence-corrected chi connectivity index (χ4v) is 3.09. The molecule has 0 bridgehead atoms. The van der Waals surface area contributed by atoms with Crippen LogP contribution in [0, 0.1) is 5.82 Å². The smallest absolute Gasteiger partial charge is 0.175 e. The van der Waals surface area contributed by atoms with E-state index in [1.807, 2.05) is 12.1 Å². The van der Waals surface area contributed by atoms with Crippen molar-refractivity contribution >= 4 is 17.2 Å². The van der Waals surface area contributed by atoms with Crippen molar-refractivity contribution in [3.8, 4) is 11.1 Å². The van der Waals surface area contributed by atoms with Crippen molar-refractivity contribution in [1.82, 2.24) is 5.16 Å². The number of nitrogen functional groups attached to an aromatic ring is 1. The second kappa shape index (κ2) is 6.10. The molecule has 3 aromatic rings. The van der Waals surface area contributed by atoms with Gasteiger partial charge in [-0.2, -0.15) is 0 Å². The summed E-state index contributed by atoms with van der Waals surface area (Å²) in [7, 11) is 0. The number of rotatable bonds is 5. The van der Waals surface area contributed by atoms with Crippen molar-refractivity contribution in [2.24, 2.45) is 0 Å². The van der Waals surface area contributed by atoms with Gasteiger partial charge in [0.05, 0.1) is 5.56 Å². The zero-order valence-corrected chi connectivity index (χ0v) is 12.2. The van der Waals surface area contributed by atoms with Gasteiger partial charge in [-0.1, -0.05) is 23.4 Å². The molecule has 0 saturated carbocycles. The lowest BCUT2D eigenvalue weighted by atomic mass is 10.0. The maximum Gasteiger partial charge on any atom is 0.175 e. The van der Waals surface area contributed by atoms with Crippen molar-refractivity contribution in [2.45, 2.75) is 19.3 Å².